The summed E-state index contributed by atoms with van der Waals surface area (Å²) in [4.78, 5) is 37.8. The minimum absolute atomic E-state index is 0. The molecule has 2 aromatic rings. The van der Waals surface area contributed by atoms with Gasteiger partial charge in [-0.25, -0.2) is 0 Å². The number of halogens is 1. The Morgan fingerprint density at radius 1 is 1.16 bits per heavy atom. The van der Waals surface area contributed by atoms with E-state index >= 15 is 0 Å². The van der Waals surface area contributed by atoms with Crippen molar-refractivity contribution in [3.05, 3.63) is 63.6 Å². The zero-order valence-electron chi connectivity index (χ0n) is 18.1. The molecule has 3 N–H and O–H groups in total. The predicted octanol–water partition coefficient (Wildman–Crippen LogP) is 2.97. The fourth-order valence-corrected chi connectivity index (χ4v) is 3.68. The minimum Gasteiger partial charge on any atom is -0.352 e. The van der Waals surface area contributed by atoms with Crippen LogP contribution < -0.4 is 21.5 Å². The van der Waals surface area contributed by atoms with Gasteiger partial charge in [-0.15, -0.1) is 12.4 Å². The molecule has 0 spiro atoms. The lowest BCUT2D eigenvalue weighted by Gasteiger charge is -2.23. The first-order chi connectivity index (χ1) is 14.5. The van der Waals surface area contributed by atoms with Gasteiger partial charge in [-0.2, -0.15) is 0 Å². The number of rotatable bonds is 7. The highest BCUT2D eigenvalue weighted by atomic mass is 35.5. The summed E-state index contributed by atoms with van der Waals surface area (Å²) in [6.07, 6.45) is 4.82. The Hall–Kier alpha value is -2.64. The van der Waals surface area contributed by atoms with Crippen molar-refractivity contribution in [1.82, 2.24) is 15.2 Å². The van der Waals surface area contributed by atoms with Crippen LogP contribution in [0.25, 0.3) is 0 Å². The molecular weight excluding hydrogens is 416 g/mol. The molecule has 168 valence electrons. The van der Waals surface area contributed by atoms with Gasteiger partial charge in [-0.1, -0.05) is 6.92 Å². The van der Waals surface area contributed by atoms with E-state index in [1.54, 1.807) is 42.0 Å². The molecular formula is C23H31ClN4O3. The molecule has 2 amide bonds. The fraction of sp³-hybridized carbons (Fsp3) is 0.435. The SMILES string of the molecule is CCCNC(=O)c1ccc(NC(=O)c2c(C)ccn(CC3CCCNC3)c2=O)cc1.Cl. The summed E-state index contributed by atoms with van der Waals surface area (Å²) in [7, 11) is 0. The number of carbonyl (C=O) groups is 2. The van der Waals surface area contributed by atoms with Crippen LogP contribution in [0.4, 0.5) is 5.69 Å². The van der Waals surface area contributed by atoms with E-state index in [2.05, 4.69) is 16.0 Å². The van der Waals surface area contributed by atoms with Crippen LogP contribution in [-0.2, 0) is 6.54 Å². The number of nitrogens with zero attached hydrogens (tertiary/aromatic N) is 1. The summed E-state index contributed by atoms with van der Waals surface area (Å²) >= 11 is 0. The number of anilines is 1. The standard InChI is InChI=1S/C23H30N4O3.ClH/c1-3-11-25-21(28)18-6-8-19(9-7-18)26-22(29)20-16(2)10-13-27(23(20)30)15-17-5-4-12-24-14-17;/h6-10,13,17,24H,3-5,11-12,14-15H2,1-2H3,(H,25,28)(H,26,29);1H. The maximum absolute atomic E-state index is 13.0. The van der Waals surface area contributed by atoms with E-state index in [1.807, 2.05) is 13.0 Å². The van der Waals surface area contributed by atoms with Gasteiger partial charge in [-0.05, 0) is 81.1 Å². The zero-order chi connectivity index (χ0) is 21.5. The fourth-order valence-electron chi connectivity index (χ4n) is 3.68. The highest BCUT2D eigenvalue weighted by molar-refractivity contribution is 6.05. The van der Waals surface area contributed by atoms with E-state index in [9.17, 15) is 14.4 Å². The first-order valence-electron chi connectivity index (χ1n) is 10.6. The lowest BCUT2D eigenvalue weighted by atomic mass is 9.99. The first-order valence-corrected chi connectivity index (χ1v) is 10.6. The maximum Gasteiger partial charge on any atom is 0.263 e. The number of benzene rings is 1. The van der Waals surface area contributed by atoms with E-state index in [-0.39, 0.29) is 29.4 Å². The molecule has 7 nitrogen and oxygen atoms in total. The minimum atomic E-state index is -0.434. The van der Waals surface area contributed by atoms with Crippen LogP contribution in [0.15, 0.2) is 41.3 Å². The van der Waals surface area contributed by atoms with Crippen LogP contribution in [0.2, 0.25) is 0 Å². The summed E-state index contributed by atoms with van der Waals surface area (Å²) < 4.78 is 1.64. The Morgan fingerprint density at radius 3 is 2.55 bits per heavy atom. The van der Waals surface area contributed by atoms with E-state index in [0.29, 0.717) is 35.8 Å². The van der Waals surface area contributed by atoms with Gasteiger partial charge in [-0.3, -0.25) is 14.4 Å². The monoisotopic (exact) mass is 446 g/mol. The zero-order valence-corrected chi connectivity index (χ0v) is 18.9. The Labute approximate surface area is 189 Å². The van der Waals surface area contributed by atoms with E-state index < -0.39 is 5.91 Å². The van der Waals surface area contributed by atoms with Gasteiger partial charge in [0.2, 0.25) is 0 Å². The Morgan fingerprint density at radius 2 is 1.90 bits per heavy atom. The van der Waals surface area contributed by atoms with Crippen molar-refractivity contribution >= 4 is 29.9 Å². The average Bonchev–Trinajstić information content (AvgIpc) is 2.75. The number of nitrogens with one attached hydrogen (secondary N) is 3. The number of piperidine rings is 1. The summed E-state index contributed by atoms with van der Waals surface area (Å²) in [5, 5.41) is 8.95. The number of carbonyl (C=O) groups excluding carboxylic acids is 2. The highest BCUT2D eigenvalue weighted by Crippen LogP contribution is 2.14. The van der Waals surface area contributed by atoms with E-state index in [1.165, 1.54) is 0 Å². The number of amides is 2. The molecule has 0 aliphatic carbocycles. The van der Waals surface area contributed by atoms with E-state index in [4.69, 9.17) is 0 Å². The van der Waals surface area contributed by atoms with Crippen molar-refractivity contribution in [2.75, 3.05) is 25.0 Å². The van der Waals surface area contributed by atoms with Crippen LogP contribution in [0.5, 0.6) is 0 Å². The third-order valence-corrected chi connectivity index (χ3v) is 5.39. The summed E-state index contributed by atoms with van der Waals surface area (Å²) in [5.74, 6) is -0.188. The number of pyridine rings is 1. The molecule has 1 aliphatic rings. The average molecular weight is 447 g/mol. The Bertz CT molecular complexity index is 950. The molecule has 0 bridgehead atoms. The van der Waals surface area contributed by atoms with Gasteiger partial charge < -0.3 is 20.5 Å². The summed E-state index contributed by atoms with van der Waals surface area (Å²) in [5.41, 5.74) is 1.60. The third-order valence-electron chi connectivity index (χ3n) is 5.39. The lowest BCUT2D eigenvalue weighted by Crippen LogP contribution is -2.36. The van der Waals surface area contributed by atoms with Crippen LogP contribution in [0, 0.1) is 12.8 Å². The van der Waals surface area contributed by atoms with Gasteiger partial charge in [0.15, 0.2) is 0 Å². The third kappa shape index (κ3) is 6.42. The predicted molar refractivity (Wildman–Crippen MR) is 125 cm³/mol. The van der Waals surface area contributed by atoms with Gasteiger partial charge >= 0.3 is 0 Å². The Kier molecular flexibility index (Phi) is 9.27. The van der Waals surface area contributed by atoms with Crippen molar-refractivity contribution in [3.8, 4) is 0 Å². The summed E-state index contributed by atoms with van der Waals surface area (Å²) in [6.45, 7) is 6.89. The molecule has 2 heterocycles. The van der Waals surface area contributed by atoms with Crippen molar-refractivity contribution in [2.24, 2.45) is 5.92 Å². The molecule has 0 radical (unpaired) electrons. The molecule has 1 aliphatic heterocycles. The molecule has 1 saturated heterocycles. The molecule has 1 aromatic heterocycles. The molecule has 31 heavy (non-hydrogen) atoms. The maximum atomic E-state index is 13.0. The lowest BCUT2D eigenvalue weighted by molar-refractivity contribution is 0.0953. The molecule has 1 unspecified atom stereocenters. The van der Waals surface area contributed by atoms with E-state index in [0.717, 1.165) is 32.4 Å². The number of aromatic nitrogens is 1. The molecule has 8 heteroatoms. The van der Waals surface area contributed by atoms with Gasteiger partial charge in [0.1, 0.15) is 5.56 Å². The van der Waals surface area contributed by atoms with Crippen LogP contribution in [-0.4, -0.2) is 36.0 Å². The van der Waals surface area contributed by atoms with Crippen LogP contribution in [0.3, 0.4) is 0 Å². The Balaban J connectivity index is 0.00000341. The molecule has 0 saturated carbocycles. The molecule has 1 fully saturated rings. The number of hydrogen-bond donors (Lipinski definition) is 3. The van der Waals surface area contributed by atoms with Crippen molar-refractivity contribution in [1.29, 1.82) is 0 Å². The quantitative estimate of drug-likeness (QED) is 0.609. The van der Waals surface area contributed by atoms with Crippen molar-refractivity contribution in [2.45, 2.75) is 39.7 Å². The first kappa shape index (κ1) is 24.6. The van der Waals surface area contributed by atoms with Gasteiger partial charge in [0.05, 0.1) is 0 Å². The van der Waals surface area contributed by atoms with Gasteiger partial charge in [0.25, 0.3) is 17.4 Å². The normalized spacial score (nSPS) is 15.6. The molecule has 1 atom stereocenters. The second kappa shape index (κ2) is 11.7. The summed E-state index contributed by atoms with van der Waals surface area (Å²) in [6, 6.07) is 8.47. The number of aryl methyl sites for hydroxylation is 1. The largest absolute Gasteiger partial charge is 0.352 e. The topological polar surface area (TPSA) is 92.2 Å². The van der Waals surface area contributed by atoms with Crippen LogP contribution in [0.1, 0.15) is 52.5 Å². The second-order valence-electron chi connectivity index (χ2n) is 7.83. The van der Waals surface area contributed by atoms with Crippen molar-refractivity contribution in [3.63, 3.8) is 0 Å². The highest BCUT2D eigenvalue weighted by Gasteiger charge is 2.19. The number of hydrogen-bond acceptors (Lipinski definition) is 4. The van der Waals surface area contributed by atoms with Crippen molar-refractivity contribution < 1.29 is 9.59 Å². The molecule has 3 rings (SSSR count). The second-order valence-corrected chi connectivity index (χ2v) is 7.83. The smallest absolute Gasteiger partial charge is 0.263 e. The molecule has 1 aromatic carbocycles. The van der Waals surface area contributed by atoms with Gasteiger partial charge in [0, 0.05) is 30.5 Å². The van der Waals surface area contributed by atoms with Crippen LogP contribution >= 0.6 is 12.4 Å².